The van der Waals surface area contributed by atoms with E-state index in [1.165, 1.54) is 11.8 Å². The molecule has 3 aromatic rings. The summed E-state index contributed by atoms with van der Waals surface area (Å²) in [5, 5.41) is 4.67. The molecule has 4 rings (SSSR count). The Bertz CT molecular complexity index is 1090. The molecular formula is C23H26N4O3S. The van der Waals surface area contributed by atoms with Crippen LogP contribution >= 0.6 is 11.8 Å². The highest BCUT2D eigenvalue weighted by Gasteiger charge is 2.32. The van der Waals surface area contributed by atoms with E-state index < -0.39 is 0 Å². The van der Waals surface area contributed by atoms with E-state index in [2.05, 4.69) is 15.3 Å². The topological polar surface area (TPSA) is 76.6 Å². The Morgan fingerprint density at radius 3 is 2.81 bits per heavy atom. The molecule has 7 nitrogen and oxygen atoms in total. The Kier molecular flexibility index (Phi) is 6.46. The highest BCUT2D eigenvalue weighted by atomic mass is 32.2. The van der Waals surface area contributed by atoms with E-state index in [9.17, 15) is 4.79 Å². The first-order valence-corrected chi connectivity index (χ1v) is 11.2. The highest BCUT2D eigenvalue weighted by Crippen LogP contribution is 2.39. The lowest BCUT2D eigenvalue weighted by molar-refractivity contribution is -0.129. The van der Waals surface area contributed by atoms with E-state index in [1.54, 1.807) is 14.2 Å². The lowest BCUT2D eigenvalue weighted by Gasteiger charge is -2.26. The number of nitrogens with one attached hydrogen (secondary N) is 1. The zero-order valence-electron chi connectivity index (χ0n) is 17.9. The van der Waals surface area contributed by atoms with Gasteiger partial charge in [0.1, 0.15) is 17.3 Å². The van der Waals surface area contributed by atoms with Crippen LogP contribution in [0.4, 0.5) is 5.82 Å². The lowest BCUT2D eigenvalue weighted by atomic mass is 10.0. The van der Waals surface area contributed by atoms with Crippen molar-refractivity contribution in [3.05, 3.63) is 48.0 Å². The fourth-order valence-electron chi connectivity index (χ4n) is 4.01. The van der Waals surface area contributed by atoms with Gasteiger partial charge in [-0.15, -0.1) is 0 Å². The molecule has 1 atom stereocenters. The summed E-state index contributed by atoms with van der Waals surface area (Å²) in [6.45, 7) is 0.727. The van der Waals surface area contributed by atoms with Crippen LogP contribution in [0, 0.1) is 0 Å². The number of likely N-dealkylation sites (tertiary alicyclic amines) is 1. The van der Waals surface area contributed by atoms with Crippen molar-refractivity contribution in [2.24, 2.45) is 0 Å². The Morgan fingerprint density at radius 1 is 1.19 bits per heavy atom. The Hall–Kier alpha value is -3.00. The molecule has 1 N–H and O–H groups in total. The summed E-state index contributed by atoms with van der Waals surface area (Å²) in [6.07, 6.45) is 1.86. The second kappa shape index (κ2) is 9.43. The number of anilines is 1. The zero-order chi connectivity index (χ0) is 21.8. The first-order chi connectivity index (χ1) is 15.1. The standard InChI is InChI=1S/C23H26N4O3S/c1-24-22-16-7-4-5-8-18(16)25-23(26-22)31-14-21(28)27-12-6-9-19(27)17-13-15(29-2)10-11-20(17)30-3/h4-5,7-8,10-11,13,19H,6,9,12,14H2,1-3H3,(H,24,25,26). The first-order valence-electron chi connectivity index (χ1n) is 10.2. The molecule has 0 radical (unpaired) electrons. The number of nitrogens with zero attached hydrogens (tertiary/aromatic N) is 3. The van der Waals surface area contributed by atoms with Crippen LogP contribution < -0.4 is 14.8 Å². The van der Waals surface area contributed by atoms with E-state index in [0.717, 1.165) is 53.2 Å². The molecular weight excluding hydrogens is 412 g/mol. The van der Waals surface area contributed by atoms with Crippen LogP contribution in [0.15, 0.2) is 47.6 Å². The number of carbonyl (C=O) groups is 1. The van der Waals surface area contributed by atoms with Crippen molar-refractivity contribution in [2.75, 3.05) is 38.9 Å². The molecule has 1 fully saturated rings. The smallest absolute Gasteiger partial charge is 0.233 e. The summed E-state index contributed by atoms with van der Waals surface area (Å²) >= 11 is 1.37. The van der Waals surface area contributed by atoms with Gasteiger partial charge in [-0.1, -0.05) is 23.9 Å². The van der Waals surface area contributed by atoms with Gasteiger partial charge in [-0.2, -0.15) is 0 Å². The zero-order valence-corrected chi connectivity index (χ0v) is 18.7. The van der Waals surface area contributed by atoms with Crippen molar-refractivity contribution in [3.8, 4) is 11.5 Å². The molecule has 0 bridgehead atoms. The number of hydrogen-bond donors (Lipinski definition) is 1. The van der Waals surface area contributed by atoms with Crippen molar-refractivity contribution >= 4 is 34.4 Å². The van der Waals surface area contributed by atoms with Crippen LogP contribution in [0.25, 0.3) is 10.9 Å². The van der Waals surface area contributed by atoms with Crippen LogP contribution in [0.1, 0.15) is 24.4 Å². The molecule has 2 heterocycles. The van der Waals surface area contributed by atoms with Crippen molar-refractivity contribution < 1.29 is 14.3 Å². The van der Waals surface area contributed by atoms with Crippen molar-refractivity contribution in [2.45, 2.75) is 24.0 Å². The van der Waals surface area contributed by atoms with Gasteiger partial charge in [-0.3, -0.25) is 4.79 Å². The number of ether oxygens (including phenoxy) is 2. The molecule has 1 aliphatic rings. The third kappa shape index (κ3) is 4.39. The Balaban J connectivity index is 1.52. The largest absolute Gasteiger partial charge is 0.497 e. The molecule has 1 aromatic heterocycles. The van der Waals surface area contributed by atoms with Crippen LogP contribution in [0.2, 0.25) is 0 Å². The maximum absolute atomic E-state index is 13.1. The summed E-state index contributed by atoms with van der Waals surface area (Å²) < 4.78 is 10.9. The molecule has 2 aromatic carbocycles. The Labute approximate surface area is 186 Å². The van der Waals surface area contributed by atoms with Gasteiger partial charge >= 0.3 is 0 Å². The van der Waals surface area contributed by atoms with Gasteiger partial charge < -0.3 is 19.7 Å². The summed E-state index contributed by atoms with van der Waals surface area (Å²) in [6, 6.07) is 13.6. The van der Waals surface area contributed by atoms with Crippen LogP contribution in [0.3, 0.4) is 0 Å². The van der Waals surface area contributed by atoms with E-state index in [1.807, 2.05) is 54.4 Å². The van der Waals surface area contributed by atoms with E-state index in [4.69, 9.17) is 9.47 Å². The molecule has 0 saturated carbocycles. The number of fused-ring (bicyclic) bond motifs is 1. The van der Waals surface area contributed by atoms with Crippen molar-refractivity contribution in [3.63, 3.8) is 0 Å². The van der Waals surface area contributed by atoms with Crippen LogP contribution in [-0.4, -0.2) is 54.3 Å². The Morgan fingerprint density at radius 2 is 2.03 bits per heavy atom. The maximum Gasteiger partial charge on any atom is 0.233 e. The summed E-state index contributed by atoms with van der Waals surface area (Å²) in [7, 11) is 5.13. The predicted molar refractivity (Wildman–Crippen MR) is 123 cm³/mol. The predicted octanol–water partition coefficient (Wildman–Crippen LogP) is 4.14. The van der Waals surface area contributed by atoms with Crippen LogP contribution in [0.5, 0.6) is 11.5 Å². The highest BCUT2D eigenvalue weighted by molar-refractivity contribution is 7.99. The molecule has 8 heteroatoms. The molecule has 1 aliphatic heterocycles. The van der Waals surface area contributed by atoms with Gasteiger partial charge in [-0.25, -0.2) is 9.97 Å². The van der Waals surface area contributed by atoms with Gasteiger partial charge in [0.25, 0.3) is 0 Å². The molecule has 1 amide bonds. The number of carbonyl (C=O) groups excluding carboxylic acids is 1. The first kappa shape index (κ1) is 21.2. The molecule has 162 valence electrons. The minimum atomic E-state index is -0.0245. The van der Waals surface area contributed by atoms with E-state index in [-0.39, 0.29) is 17.7 Å². The molecule has 1 saturated heterocycles. The number of benzene rings is 2. The minimum absolute atomic E-state index is 0.0245. The number of hydrogen-bond acceptors (Lipinski definition) is 7. The second-order valence-electron chi connectivity index (χ2n) is 7.26. The van der Waals surface area contributed by atoms with Gasteiger partial charge in [0.05, 0.1) is 31.5 Å². The maximum atomic E-state index is 13.1. The minimum Gasteiger partial charge on any atom is -0.497 e. The van der Waals surface area contributed by atoms with Gasteiger partial charge in [0.15, 0.2) is 5.16 Å². The van der Waals surface area contributed by atoms with Crippen molar-refractivity contribution in [1.82, 2.24) is 14.9 Å². The molecule has 31 heavy (non-hydrogen) atoms. The van der Waals surface area contributed by atoms with Crippen LogP contribution in [-0.2, 0) is 4.79 Å². The van der Waals surface area contributed by atoms with Crippen molar-refractivity contribution in [1.29, 1.82) is 0 Å². The third-order valence-electron chi connectivity index (χ3n) is 5.51. The quantitative estimate of drug-likeness (QED) is 0.439. The summed E-state index contributed by atoms with van der Waals surface area (Å²) in [5.41, 5.74) is 1.84. The number of thioether (sulfide) groups is 1. The normalized spacial score (nSPS) is 15.8. The third-order valence-corrected chi connectivity index (χ3v) is 6.35. The van der Waals surface area contributed by atoms with Gasteiger partial charge in [0.2, 0.25) is 5.91 Å². The molecule has 0 spiro atoms. The molecule has 1 unspecified atom stereocenters. The number of rotatable bonds is 7. The number of aromatic nitrogens is 2. The average molecular weight is 439 g/mol. The number of amides is 1. The number of para-hydroxylation sites is 1. The summed E-state index contributed by atoms with van der Waals surface area (Å²) in [5.74, 6) is 2.65. The second-order valence-corrected chi connectivity index (χ2v) is 8.21. The van der Waals surface area contributed by atoms with Gasteiger partial charge in [-0.05, 0) is 43.2 Å². The fraction of sp³-hybridized carbons (Fsp3) is 0.348. The molecule has 0 aliphatic carbocycles. The number of methoxy groups -OCH3 is 2. The van der Waals surface area contributed by atoms with E-state index >= 15 is 0 Å². The lowest BCUT2D eigenvalue weighted by Crippen LogP contribution is -2.32. The average Bonchev–Trinajstić information content (AvgIpc) is 3.31. The SMILES string of the molecule is CNc1nc(SCC(=O)N2CCCC2c2cc(OC)ccc2OC)nc2ccccc12. The fourth-order valence-corrected chi connectivity index (χ4v) is 4.75. The van der Waals surface area contributed by atoms with Gasteiger partial charge in [0, 0.05) is 24.5 Å². The monoisotopic (exact) mass is 438 g/mol. The summed E-state index contributed by atoms with van der Waals surface area (Å²) in [4.78, 5) is 24.3. The van der Waals surface area contributed by atoms with E-state index in [0.29, 0.717) is 5.16 Å².